The quantitative estimate of drug-likeness (QED) is 0.548. The minimum absolute atomic E-state index is 0. The Kier molecular flexibility index (Phi) is 10.2. The van der Waals surface area contributed by atoms with Crippen LogP contribution in [-0.4, -0.2) is 30.2 Å². The predicted octanol–water partition coefficient (Wildman–Crippen LogP) is 0.446. The van der Waals surface area contributed by atoms with E-state index in [1.54, 1.807) is 0 Å². The van der Waals surface area contributed by atoms with Crippen molar-refractivity contribution < 1.29 is 16.9 Å². The van der Waals surface area contributed by atoms with Gasteiger partial charge >= 0.3 is 0 Å². The Hall–Kier alpha value is 0.250. The van der Waals surface area contributed by atoms with E-state index in [0.29, 0.717) is 0 Å². The van der Waals surface area contributed by atoms with E-state index in [2.05, 4.69) is 34.6 Å². The van der Waals surface area contributed by atoms with Gasteiger partial charge in [0.2, 0.25) is 0 Å². The summed E-state index contributed by atoms with van der Waals surface area (Å²) >= 11 is 0. The van der Waals surface area contributed by atoms with Crippen LogP contribution in [0.2, 0.25) is 0 Å². The minimum atomic E-state index is 0. The largest absolute Gasteiger partial charge is 1.00 e. The maximum absolute atomic E-state index is 2.34. The molecule has 0 spiro atoms. The van der Waals surface area contributed by atoms with Crippen molar-refractivity contribution >= 4 is 0 Å². The van der Waals surface area contributed by atoms with Gasteiger partial charge in [0.05, 0.1) is 25.7 Å². The lowest BCUT2D eigenvalue weighted by atomic mass is 10.0. The molecule has 0 heterocycles. The molecule has 0 saturated carbocycles. The minimum Gasteiger partial charge on any atom is -1.00 e. The van der Waals surface area contributed by atoms with Crippen LogP contribution < -0.4 is 12.4 Å². The van der Waals surface area contributed by atoms with E-state index < -0.39 is 0 Å². The van der Waals surface area contributed by atoms with Crippen molar-refractivity contribution in [2.75, 3.05) is 19.6 Å². The fourth-order valence-corrected chi connectivity index (χ4v) is 2.64. The van der Waals surface area contributed by atoms with Gasteiger partial charge in [-0.1, -0.05) is 20.3 Å². The maximum Gasteiger partial charge on any atom is 0.0887 e. The van der Waals surface area contributed by atoms with Crippen molar-refractivity contribution in [3.05, 3.63) is 0 Å². The molecule has 0 amide bonds. The van der Waals surface area contributed by atoms with Gasteiger partial charge in [0.1, 0.15) is 0 Å². The molecule has 0 saturated heterocycles. The third-order valence-corrected chi connectivity index (χ3v) is 3.76. The fraction of sp³-hybridized carbons (Fsp3) is 1.00. The van der Waals surface area contributed by atoms with Crippen molar-refractivity contribution in [2.24, 2.45) is 0 Å². The molecule has 88 valence electrons. The number of nitrogens with zero attached hydrogens (tertiary/aromatic N) is 1. The second-order valence-electron chi connectivity index (χ2n) is 4.02. The van der Waals surface area contributed by atoms with Crippen molar-refractivity contribution in [3.63, 3.8) is 0 Å². The summed E-state index contributed by atoms with van der Waals surface area (Å²) in [7, 11) is 0. The number of hydrogen-bond acceptors (Lipinski definition) is 0. The molecule has 1 unspecified atom stereocenters. The van der Waals surface area contributed by atoms with Crippen LogP contribution >= 0.6 is 0 Å². The summed E-state index contributed by atoms with van der Waals surface area (Å²) in [5.74, 6) is 0. The Morgan fingerprint density at radius 3 is 1.50 bits per heavy atom. The molecule has 1 atom stereocenters. The molecule has 0 bridgehead atoms. The lowest BCUT2D eigenvalue weighted by Gasteiger charge is -2.43. The van der Waals surface area contributed by atoms with E-state index in [1.807, 2.05) is 0 Å². The Balaban J connectivity index is 0. The summed E-state index contributed by atoms with van der Waals surface area (Å²) < 4.78 is 1.32. The first-order valence-electron chi connectivity index (χ1n) is 6.06. The normalized spacial score (nSPS) is 13.5. The van der Waals surface area contributed by atoms with Crippen LogP contribution in [0.4, 0.5) is 0 Å². The van der Waals surface area contributed by atoms with Gasteiger partial charge in [-0.15, -0.1) is 0 Å². The Morgan fingerprint density at radius 1 is 0.857 bits per heavy atom. The number of quaternary nitrogens is 1. The van der Waals surface area contributed by atoms with E-state index >= 15 is 0 Å². The molecule has 14 heavy (non-hydrogen) atoms. The van der Waals surface area contributed by atoms with Crippen molar-refractivity contribution in [1.82, 2.24) is 0 Å². The second kappa shape index (κ2) is 8.55. The van der Waals surface area contributed by atoms with Crippen molar-refractivity contribution in [2.45, 2.75) is 59.9 Å². The van der Waals surface area contributed by atoms with Gasteiger partial charge in [-0.05, 0) is 33.6 Å². The first kappa shape index (κ1) is 16.7. The number of halogens is 1. The van der Waals surface area contributed by atoms with E-state index in [0.717, 1.165) is 6.04 Å². The second-order valence-corrected chi connectivity index (χ2v) is 4.02. The van der Waals surface area contributed by atoms with E-state index in [-0.39, 0.29) is 12.4 Å². The fourth-order valence-electron chi connectivity index (χ4n) is 2.64. The molecule has 1 nitrogen and oxygen atoms in total. The molecule has 0 aliphatic rings. The van der Waals surface area contributed by atoms with Crippen LogP contribution in [0, 0.1) is 0 Å². The zero-order valence-corrected chi connectivity index (χ0v) is 11.4. The monoisotopic (exact) mass is 221 g/mol. The molecule has 0 aliphatic heterocycles. The van der Waals surface area contributed by atoms with Crippen LogP contribution in [0.1, 0.15) is 53.9 Å². The molecule has 0 aromatic rings. The molecule has 0 aliphatic carbocycles. The average molecular weight is 222 g/mol. The Bertz CT molecular complexity index is 113. The zero-order chi connectivity index (χ0) is 10.3. The smallest absolute Gasteiger partial charge is 0.0887 e. The van der Waals surface area contributed by atoms with Gasteiger partial charge in [0.15, 0.2) is 0 Å². The van der Waals surface area contributed by atoms with E-state index in [1.165, 1.54) is 43.4 Å². The first-order valence-corrected chi connectivity index (χ1v) is 6.06. The van der Waals surface area contributed by atoms with Gasteiger partial charge in [-0.3, -0.25) is 0 Å². The van der Waals surface area contributed by atoms with Gasteiger partial charge < -0.3 is 16.9 Å². The highest BCUT2D eigenvalue weighted by Gasteiger charge is 2.29. The Labute approximate surface area is 96.9 Å². The number of rotatable bonds is 7. The summed E-state index contributed by atoms with van der Waals surface area (Å²) in [6.45, 7) is 15.6. The van der Waals surface area contributed by atoms with Gasteiger partial charge in [-0.25, -0.2) is 0 Å². The molecule has 2 heteroatoms. The molecule has 0 aromatic heterocycles. The highest BCUT2D eigenvalue weighted by Crippen LogP contribution is 2.20. The van der Waals surface area contributed by atoms with E-state index in [4.69, 9.17) is 0 Å². The molecule has 0 radical (unpaired) electrons. The van der Waals surface area contributed by atoms with Gasteiger partial charge in [-0.2, -0.15) is 0 Å². The first-order chi connectivity index (χ1) is 6.20. The van der Waals surface area contributed by atoms with Crippen LogP contribution in [0.25, 0.3) is 0 Å². The SMILES string of the molecule is CCCC(CC)[N+](CC)(CC)CC.[Cl-]. The third kappa shape index (κ3) is 3.78. The lowest BCUT2D eigenvalue weighted by molar-refractivity contribution is -0.947. The standard InChI is InChI=1S/C12H28N.ClH/c1-6-11-12(7-2)13(8-3,9-4)10-5;/h12H,6-11H2,1-5H3;1H/q+1;/p-1. The highest BCUT2D eigenvalue weighted by molar-refractivity contribution is 4.57. The van der Waals surface area contributed by atoms with Crippen LogP contribution in [0.5, 0.6) is 0 Å². The molecule has 0 fully saturated rings. The van der Waals surface area contributed by atoms with E-state index in [9.17, 15) is 0 Å². The van der Waals surface area contributed by atoms with Crippen molar-refractivity contribution in [3.8, 4) is 0 Å². The molecule has 0 aromatic carbocycles. The molecular weight excluding hydrogens is 194 g/mol. The summed E-state index contributed by atoms with van der Waals surface area (Å²) in [5, 5.41) is 0. The lowest BCUT2D eigenvalue weighted by Crippen LogP contribution is -3.00. The molecular formula is C12H28ClN. The zero-order valence-electron chi connectivity index (χ0n) is 10.6. The number of hydrogen-bond donors (Lipinski definition) is 0. The topological polar surface area (TPSA) is 0 Å². The summed E-state index contributed by atoms with van der Waals surface area (Å²) in [6, 6.07) is 0.894. The maximum atomic E-state index is 2.34. The van der Waals surface area contributed by atoms with Crippen molar-refractivity contribution in [1.29, 1.82) is 0 Å². The third-order valence-electron chi connectivity index (χ3n) is 3.76. The summed E-state index contributed by atoms with van der Waals surface area (Å²) in [4.78, 5) is 0. The summed E-state index contributed by atoms with van der Waals surface area (Å²) in [5.41, 5.74) is 0. The molecule has 0 rings (SSSR count). The van der Waals surface area contributed by atoms with Gasteiger partial charge in [0.25, 0.3) is 0 Å². The molecule has 0 N–H and O–H groups in total. The van der Waals surface area contributed by atoms with Crippen LogP contribution in [0.15, 0.2) is 0 Å². The average Bonchev–Trinajstić information content (AvgIpc) is 2.19. The predicted molar refractivity (Wildman–Crippen MR) is 60.9 cm³/mol. The Morgan fingerprint density at radius 2 is 1.29 bits per heavy atom. The van der Waals surface area contributed by atoms with Crippen LogP contribution in [-0.2, 0) is 0 Å². The van der Waals surface area contributed by atoms with Gasteiger partial charge in [0, 0.05) is 0 Å². The van der Waals surface area contributed by atoms with Crippen LogP contribution in [0.3, 0.4) is 0 Å². The summed E-state index contributed by atoms with van der Waals surface area (Å²) in [6.07, 6.45) is 4.06. The highest BCUT2D eigenvalue weighted by atomic mass is 35.5.